The summed E-state index contributed by atoms with van der Waals surface area (Å²) in [5.41, 5.74) is 3.84. The van der Waals surface area contributed by atoms with Gasteiger partial charge in [0, 0.05) is 36.2 Å². The van der Waals surface area contributed by atoms with Crippen LogP contribution in [0.15, 0.2) is 78.9 Å². The third kappa shape index (κ3) is 8.02. The number of likely N-dealkylation sites (N-methyl/N-ethyl adjacent to an activating group) is 1. The maximum Gasteiger partial charge on any atom is 0.303 e. The lowest BCUT2D eigenvalue weighted by atomic mass is 9.89. The van der Waals surface area contributed by atoms with Crippen molar-refractivity contribution in [3.8, 4) is 0 Å². The number of carbonyl (C=O) groups excluding carboxylic acids is 1. The summed E-state index contributed by atoms with van der Waals surface area (Å²) in [5.74, 6) is -1.47. The molecule has 0 spiro atoms. The molecule has 42 heavy (non-hydrogen) atoms. The third-order valence-corrected chi connectivity index (χ3v) is 7.89. The van der Waals surface area contributed by atoms with Gasteiger partial charge in [-0.15, -0.1) is 0 Å². The third-order valence-electron chi connectivity index (χ3n) is 7.89. The zero-order valence-electron chi connectivity index (χ0n) is 24.2. The Kier molecular flexibility index (Phi) is 10.8. The van der Waals surface area contributed by atoms with Crippen molar-refractivity contribution in [2.45, 2.75) is 63.9 Å². The predicted octanol–water partition coefficient (Wildman–Crippen LogP) is 4.83. The summed E-state index contributed by atoms with van der Waals surface area (Å²) in [6.45, 7) is 4.55. The van der Waals surface area contributed by atoms with Gasteiger partial charge in [0.1, 0.15) is 0 Å². The van der Waals surface area contributed by atoms with E-state index in [2.05, 4.69) is 17.1 Å². The number of benzene rings is 3. The van der Waals surface area contributed by atoms with E-state index in [9.17, 15) is 19.8 Å². The smallest absolute Gasteiger partial charge is 0.303 e. The summed E-state index contributed by atoms with van der Waals surface area (Å²) in [6, 6.07) is 24.2. The van der Waals surface area contributed by atoms with E-state index in [1.807, 2.05) is 74.6 Å². The van der Waals surface area contributed by atoms with Crippen LogP contribution in [0, 0.1) is 5.92 Å². The van der Waals surface area contributed by atoms with Crippen LogP contribution in [0.25, 0.3) is 0 Å². The van der Waals surface area contributed by atoms with E-state index in [-0.39, 0.29) is 49.5 Å². The highest BCUT2D eigenvalue weighted by molar-refractivity contribution is 5.92. The summed E-state index contributed by atoms with van der Waals surface area (Å²) in [6.07, 6.45) is -2.38. The number of aliphatic carboxylic acids is 1. The van der Waals surface area contributed by atoms with Crippen LogP contribution < -0.4 is 5.32 Å². The van der Waals surface area contributed by atoms with Crippen LogP contribution >= 0.6 is 0 Å². The van der Waals surface area contributed by atoms with Gasteiger partial charge in [-0.05, 0) is 42.8 Å². The molecule has 0 radical (unpaired) electrons. The largest absolute Gasteiger partial charge is 0.481 e. The molecule has 4 rings (SSSR count). The molecule has 1 heterocycles. The summed E-state index contributed by atoms with van der Waals surface area (Å²) >= 11 is 0. The Bertz CT molecular complexity index is 1320. The monoisotopic (exact) mass is 576 g/mol. The van der Waals surface area contributed by atoms with Gasteiger partial charge in [0.25, 0.3) is 0 Å². The summed E-state index contributed by atoms with van der Waals surface area (Å²) in [4.78, 5) is 25.2. The maximum atomic E-state index is 12.3. The first-order valence-corrected chi connectivity index (χ1v) is 14.2. The van der Waals surface area contributed by atoms with Gasteiger partial charge in [0.15, 0.2) is 6.29 Å². The minimum absolute atomic E-state index is 0.0485. The standard InChI is InChI=1S/C33H40N2O7/c1-21-28(19-35(3)22(2)31(40)24-8-5-4-6-9-24)41-33(42-32(21)25-14-12-23(20-36)13-15-25)26-10-7-11-27(18-26)34-29(37)16-17-30(38)39/h4-15,18,21-22,28,31-33,36,40H,16-17,19-20H2,1-3H3,(H,34,37)(H,38,39)/t21-,22+,28+,31+,32+,33+/m0/s1. The number of carbonyl (C=O) groups is 2. The highest BCUT2D eigenvalue weighted by Gasteiger charge is 2.39. The lowest BCUT2D eigenvalue weighted by Gasteiger charge is -2.43. The van der Waals surface area contributed by atoms with Crippen molar-refractivity contribution in [1.82, 2.24) is 4.90 Å². The molecule has 0 aromatic heterocycles. The Morgan fingerprint density at radius 3 is 2.33 bits per heavy atom. The Balaban J connectivity index is 1.56. The minimum atomic E-state index is -1.03. The molecule has 0 bridgehead atoms. The molecule has 4 N–H and O–H groups in total. The molecular formula is C33H40N2O7. The number of carboxylic acids is 1. The Hall–Kier alpha value is -3.60. The van der Waals surface area contributed by atoms with Crippen LogP contribution in [0.1, 0.15) is 67.4 Å². The van der Waals surface area contributed by atoms with Gasteiger partial charge in [-0.2, -0.15) is 0 Å². The number of nitrogens with zero attached hydrogens (tertiary/aromatic N) is 1. The van der Waals surface area contributed by atoms with E-state index in [1.165, 1.54) is 0 Å². The molecule has 9 nitrogen and oxygen atoms in total. The number of carboxylic acid groups (broad SMARTS) is 1. The van der Waals surface area contributed by atoms with Crippen molar-refractivity contribution in [3.63, 3.8) is 0 Å². The lowest BCUT2D eigenvalue weighted by Crippen LogP contribution is -2.46. The second kappa shape index (κ2) is 14.5. The zero-order chi connectivity index (χ0) is 30.2. The van der Waals surface area contributed by atoms with Crippen LogP contribution in [0.2, 0.25) is 0 Å². The molecule has 1 fully saturated rings. The van der Waals surface area contributed by atoms with Gasteiger partial charge in [-0.1, -0.05) is 73.7 Å². The molecule has 224 valence electrons. The van der Waals surface area contributed by atoms with Crippen LogP contribution in [-0.4, -0.2) is 57.8 Å². The van der Waals surface area contributed by atoms with E-state index in [1.54, 1.807) is 18.2 Å². The van der Waals surface area contributed by atoms with E-state index >= 15 is 0 Å². The molecule has 0 aliphatic carbocycles. The van der Waals surface area contributed by atoms with Crippen LogP contribution in [0.5, 0.6) is 0 Å². The van der Waals surface area contributed by atoms with Crippen molar-refractivity contribution in [1.29, 1.82) is 0 Å². The summed E-state index contributed by atoms with van der Waals surface area (Å²) in [5, 5.41) is 32.2. The number of anilines is 1. The SMILES string of the molecule is C[C@H]1[C@@H](CN(C)[C@H](C)[C@@H](O)c2ccccc2)O[C@@H](c2cccc(NC(=O)CCC(=O)O)c2)O[C@H]1c1ccc(CO)cc1. The van der Waals surface area contributed by atoms with Gasteiger partial charge in [0.2, 0.25) is 5.91 Å². The van der Waals surface area contributed by atoms with E-state index in [4.69, 9.17) is 14.6 Å². The molecule has 6 atom stereocenters. The van der Waals surface area contributed by atoms with Gasteiger partial charge in [-0.25, -0.2) is 0 Å². The van der Waals surface area contributed by atoms with E-state index in [0.717, 1.165) is 16.7 Å². The van der Waals surface area contributed by atoms with Crippen molar-refractivity contribution in [2.24, 2.45) is 5.92 Å². The molecule has 1 aliphatic rings. The first-order valence-electron chi connectivity index (χ1n) is 14.2. The first-order chi connectivity index (χ1) is 20.2. The second-order valence-corrected chi connectivity index (χ2v) is 10.9. The number of ether oxygens (including phenoxy) is 2. The molecule has 1 aliphatic heterocycles. The van der Waals surface area contributed by atoms with Gasteiger partial charge in [-0.3, -0.25) is 14.5 Å². The topological polar surface area (TPSA) is 129 Å². The Morgan fingerprint density at radius 1 is 0.952 bits per heavy atom. The van der Waals surface area contributed by atoms with Crippen molar-refractivity contribution in [3.05, 3.63) is 101 Å². The number of aliphatic hydroxyl groups excluding tert-OH is 2. The van der Waals surface area contributed by atoms with E-state index in [0.29, 0.717) is 17.8 Å². The number of aliphatic hydroxyl groups is 2. The lowest BCUT2D eigenvalue weighted by molar-refractivity contribution is -0.276. The fourth-order valence-corrected chi connectivity index (χ4v) is 5.15. The van der Waals surface area contributed by atoms with Crippen LogP contribution in [-0.2, 0) is 25.7 Å². The molecule has 3 aromatic rings. The number of nitrogens with one attached hydrogen (secondary N) is 1. The van der Waals surface area contributed by atoms with Gasteiger partial charge >= 0.3 is 5.97 Å². The Morgan fingerprint density at radius 2 is 1.67 bits per heavy atom. The molecule has 0 saturated carbocycles. The number of amides is 1. The number of hydrogen-bond acceptors (Lipinski definition) is 7. The summed E-state index contributed by atoms with van der Waals surface area (Å²) in [7, 11) is 1.97. The van der Waals surface area contributed by atoms with Crippen LogP contribution in [0.3, 0.4) is 0 Å². The first kappa shape index (κ1) is 31.3. The van der Waals surface area contributed by atoms with Gasteiger partial charge in [0.05, 0.1) is 31.3 Å². The Labute approximate surface area is 246 Å². The van der Waals surface area contributed by atoms with Crippen LogP contribution in [0.4, 0.5) is 5.69 Å². The minimum Gasteiger partial charge on any atom is -0.481 e. The summed E-state index contributed by atoms with van der Waals surface area (Å²) < 4.78 is 13.1. The molecular weight excluding hydrogens is 536 g/mol. The maximum absolute atomic E-state index is 12.3. The predicted molar refractivity (Wildman–Crippen MR) is 158 cm³/mol. The second-order valence-electron chi connectivity index (χ2n) is 10.9. The molecule has 0 unspecified atom stereocenters. The fraction of sp³-hybridized carbons (Fsp3) is 0.394. The van der Waals surface area contributed by atoms with Crippen molar-refractivity contribution >= 4 is 17.6 Å². The fourth-order valence-electron chi connectivity index (χ4n) is 5.15. The molecule has 1 saturated heterocycles. The normalized spacial score (nSPS) is 22.0. The van der Waals surface area contributed by atoms with Crippen molar-refractivity contribution in [2.75, 3.05) is 18.9 Å². The average Bonchev–Trinajstić information content (AvgIpc) is 3.00. The van der Waals surface area contributed by atoms with Crippen molar-refractivity contribution < 1.29 is 34.4 Å². The quantitative estimate of drug-likeness (QED) is 0.241. The number of rotatable bonds is 12. The van der Waals surface area contributed by atoms with E-state index < -0.39 is 18.4 Å². The van der Waals surface area contributed by atoms with Gasteiger partial charge < -0.3 is 30.1 Å². The highest BCUT2D eigenvalue weighted by atomic mass is 16.7. The number of hydrogen-bond donors (Lipinski definition) is 4. The molecule has 3 aromatic carbocycles. The molecule has 9 heteroatoms. The molecule has 1 amide bonds. The zero-order valence-corrected chi connectivity index (χ0v) is 24.2. The average molecular weight is 577 g/mol. The highest BCUT2D eigenvalue weighted by Crippen LogP contribution is 2.42.